The fraction of sp³-hybridized carbons (Fsp3) is 0.387. The van der Waals surface area contributed by atoms with E-state index >= 15 is 0 Å². The van der Waals surface area contributed by atoms with Crippen LogP contribution in [0.1, 0.15) is 24.3 Å². The predicted octanol–water partition coefficient (Wildman–Crippen LogP) is 3.15. The second kappa shape index (κ2) is 12.9. The number of aromatic nitrogens is 3. The van der Waals surface area contributed by atoms with Gasteiger partial charge in [0.15, 0.2) is 5.65 Å². The number of pyridine rings is 1. The molecule has 4 N–H and O–H groups in total. The van der Waals surface area contributed by atoms with Crippen LogP contribution in [0.15, 0.2) is 60.8 Å². The number of piperazine rings is 1. The lowest BCUT2D eigenvalue weighted by Crippen LogP contribution is -2.52. The normalized spacial score (nSPS) is 18.8. The van der Waals surface area contributed by atoms with Crippen molar-refractivity contribution >= 4 is 45.2 Å². The SMILES string of the molecule is O=C([C@@H](c1ccc(I)cc1)C1CCCN1)N1CCN(c2c(-c3ccccc3)cnc3[nH]nc(OC[C@@H](O)CO)c23)CC1. The molecule has 2 saturated heterocycles. The molecular formula is C31H35IN6O4. The third-order valence-electron chi connectivity index (χ3n) is 8.14. The Hall–Kier alpha value is -3.26. The number of benzene rings is 2. The number of hydrogen-bond donors (Lipinski definition) is 4. The van der Waals surface area contributed by atoms with Crippen LogP contribution in [0.2, 0.25) is 0 Å². The molecule has 6 rings (SSSR count). The van der Waals surface area contributed by atoms with Gasteiger partial charge in [-0.2, -0.15) is 0 Å². The summed E-state index contributed by atoms with van der Waals surface area (Å²) in [5.74, 6) is 0.279. The van der Waals surface area contributed by atoms with E-state index in [1.807, 2.05) is 41.4 Å². The number of H-pyrrole nitrogens is 1. The molecule has 0 spiro atoms. The molecule has 0 bridgehead atoms. The molecule has 4 heterocycles. The van der Waals surface area contributed by atoms with Crippen molar-refractivity contribution in [3.05, 3.63) is 69.9 Å². The number of aromatic amines is 1. The van der Waals surface area contributed by atoms with Crippen LogP contribution in [0.5, 0.6) is 5.88 Å². The van der Waals surface area contributed by atoms with Crippen LogP contribution >= 0.6 is 22.6 Å². The van der Waals surface area contributed by atoms with Gasteiger partial charge in [0, 0.05) is 47.6 Å². The van der Waals surface area contributed by atoms with Gasteiger partial charge in [0.2, 0.25) is 11.8 Å². The van der Waals surface area contributed by atoms with Crippen LogP contribution in [0, 0.1) is 3.57 Å². The second-order valence-corrected chi connectivity index (χ2v) is 12.1. The van der Waals surface area contributed by atoms with Gasteiger partial charge in [-0.3, -0.25) is 9.89 Å². The molecule has 220 valence electrons. The maximum Gasteiger partial charge on any atom is 0.244 e. The molecule has 10 nitrogen and oxygen atoms in total. The minimum absolute atomic E-state index is 0.0944. The van der Waals surface area contributed by atoms with E-state index in [-0.39, 0.29) is 24.5 Å². The molecule has 2 aliphatic rings. The zero-order valence-electron chi connectivity index (χ0n) is 23.2. The van der Waals surface area contributed by atoms with Crippen LogP contribution in [0.3, 0.4) is 0 Å². The van der Waals surface area contributed by atoms with Crippen molar-refractivity contribution < 1.29 is 19.7 Å². The summed E-state index contributed by atoms with van der Waals surface area (Å²) in [5.41, 5.74) is 4.50. The molecule has 2 aliphatic heterocycles. The van der Waals surface area contributed by atoms with E-state index in [9.17, 15) is 15.0 Å². The van der Waals surface area contributed by atoms with Crippen LogP contribution < -0.4 is 15.0 Å². The van der Waals surface area contributed by atoms with Gasteiger partial charge >= 0.3 is 0 Å². The summed E-state index contributed by atoms with van der Waals surface area (Å²) in [6.45, 7) is 2.88. The number of carbonyl (C=O) groups excluding carboxylic acids is 1. The van der Waals surface area contributed by atoms with E-state index in [4.69, 9.17) is 4.74 Å². The highest BCUT2D eigenvalue weighted by atomic mass is 127. The summed E-state index contributed by atoms with van der Waals surface area (Å²) in [6.07, 6.45) is 2.90. The number of rotatable bonds is 9. The van der Waals surface area contributed by atoms with E-state index in [0.29, 0.717) is 43.1 Å². The Morgan fingerprint density at radius 2 is 1.86 bits per heavy atom. The highest BCUT2D eigenvalue weighted by molar-refractivity contribution is 14.1. The van der Waals surface area contributed by atoms with E-state index in [1.54, 1.807) is 0 Å². The van der Waals surface area contributed by atoms with E-state index in [0.717, 1.165) is 45.3 Å². The molecule has 2 aromatic heterocycles. The Balaban J connectivity index is 1.29. The third-order valence-corrected chi connectivity index (χ3v) is 8.86. The highest BCUT2D eigenvalue weighted by Crippen LogP contribution is 2.40. The number of hydrogen-bond acceptors (Lipinski definition) is 8. The monoisotopic (exact) mass is 682 g/mol. The molecule has 2 fully saturated rings. The van der Waals surface area contributed by atoms with Crippen molar-refractivity contribution in [1.82, 2.24) is 25.4 Å². The van der Waals surface area contributed by atoms with Gasteiger partial charge in [-0.25, -0.2) is 4.98 Å². The van der Waals surface area contributed by atoms with E-state index < -0.39 is 12.7 Å². The first-order valence-electron chi connectivity index (χ1n) is 14.4. The lowest BCUT2D eigenvalue weighted by atomic mass is 9.89. The quantitative estimate of drug-likeness (QED) is 0.199. The molecule has 11 heteroatoms. The number of amides is 1. The molecular weight excluding hydrogens is 647 g/mol. The molecule has 4 aromatic rings. The van der Waals surface area contributed by atoms with Gasteiger partial charge in [-0.1, -0.05) is 42.5 Å². The summed E-state index contributed by atoms with van der Waals surface area (Å²) < 4.78 is 7.00. The van der Waals surface area contributed by atoms with Gasteiger partial charge in [0.25, 0.3) is 0 Å². The van der Waals surface area contributed by atoms with Gasteiger partial charge in [0.05, 0.1) is 18.2 Å². The number of ether oxygens (including phenoxy) is 1. The number of halogens is 1. The molecule has 2 aromatic carbocycles. The maximum atomic E-state index is 14.1. The third kappa shape index (κ3) is 5.96. The van der Waals surface area contributed by atoms with Gasteiger partial charge in [0.1, 0.15) is 18.1 Å². The van der Waals surface area contributed by atoms with E-state index in [2.05, 4.69) is 72.3 Å². The van der Waals surface area contributed by atoms with Crippen LogP contribution in [-0.4, -0.2) is 94.3 Å². The predicted molar refractivity (Wildman–Crippen MR) is 170 cm³/mol. The van der Waals surface area contributed by atoms with Crippen molar-refractivity contribution in [3.8, 4) is 17.0 Å². The summed E-state index contributed by atoms with van der Waals surface area (Å²) in [7, 11) is 0. The molecule has 3 atom stereocenters. The van der Waals surface area contributed by atoms with Crippen LogP contribution in [0.4, 0.5) is 5.69 Å². The zero-order chi connectivity index (χ0) is 29.1. The number of anilines is 1. The Labute approximate surface area is 258 Å². The zero-order valence-corrected chi connectivity index (χ0v) is 25.4. The topological polar surface area (TPSA) is 127 Å². The lowest BCUT2D eigenvalue weighted by Gasteiger charge is -2.39. The number of fused-ring (bicyclic) bond motifs is 1. The Morgan fingerprint density at radius 3 is 2.55 bits per heavy atom. The molecule has 42 heavy (non-hydrogen) atoms. The maximum absolute atomic E-state index is 14.1. The standard InChI is InChI=1S/C31H35IN6O4/c32-22-10-8-21(9-11-22)26(25-7-4-12-33-25)31(41)38-15-13-37(14-16-38)28-24(20-5-2-1-3-6-20)17-34-29-27(28)30(36-35-29)42-19-23(40)18-39/h1-3,5-6,8-11,17,23,25-26,33,39-40H,4,7,12-16,18-19H2,(H,34,35,36)/t23-,25?,26-/m0/s1. The van der Waals surface area contributed by atoms with E-state index in [1.165, 1.54) is 0 Å². The van der Waals surface area contributed by atoms with Crippen molar-refractivity contribution in [1.29, 1.82) is 0 Å². The summed E-state index contributed by atoms with van der Waals surface area (Å²) in [6, 6.07) is 18.5. The average molecular weight is 683 g/mol. The lowest BCUT2D eigenvalue weighted by molar-refractivity contribution is -0.133. The summed E-state index contributed by atoms with van der Waals surface area (Å²) >= 11 is 2.30. The largest absolute Gasteiger partial charge is 0.473 e. The molecule has 0 saturated carbocycles. The first-order chi connectivity index (χ1) is 20.5. The number of aliphatic hydroxyl groups excluding tert-OH is 2. The average Bonchev–Trinajstić information content (AvgIpc) is 3.71. The Kier molecular flexibility index (Phi) is 8.89. The minimum atomic E-state index is -1.02. The van der Waals surface area contributed by atoms with Gasteiger partial charge in [-0.15, -0.1) is 5.10 Å². The van der Waals surface area contributed by atoms with Crippen molar-refractivity contribution in [3.63, 3.8) is 0 Å². The van der Waals surface area contributed by atoms with Crippen molar-refractivity contribution in [2.75, 3.05) is 50.8 Å². The molecule has 1 amide bonds. The minimum Gasteiger partial charge on any atom is -0.473 e. The molecule has 1 unspecified atom stereocenters. The summed E-state index contributed by atoms with van der Waals surface area (Å²) in [5, 5.41) is 30.8. The second-order valence-electron chi connectivity index (χ2n) is 10.8. The Morgan fingerprint density at radius 1 is 1.10 bits per heavy atom. The first-order valence-corrected chi connectivity index (χ1v) is 15.5. The van der Waals surface area contributed by atoms with Gasteiger partial charge in [-0.05, 0) is 65.2 Å². The van der Waals surface area contributed by atoms with Gasteiger partial charge < -0.3 is 30.1 Å². The number of nitrogens with one attached hydrogen (secondary N) is 2. The fourth-order valence-electron chi connectivity index (χ4n) is 6.00. The number of carbonyl (C=O) groups is 1. The van der Waals surface area contributed by atoms with Crippen LogP contribution in [0.25, 0.3) is 22.2 Å². The fourth-order valence-corrected chi connectivity index (χ4v) is 6.36. The highest BCUT2D eigenvalue weighted by Gasteiger charge is 2.36. The van der Waals surface area contributed by atoms with Crippen molar-refractivity contribution in [2.24, 2.45) is 0 Å². The molecule has 0 aliphatic carbocycles. The first kappa shape index (κ1) is 28.8. The Bertz CT molecular complexity index is 1500. The van der Waals surface area contributed by atoms with Crippen molar-refractivity contribution in [2.45, 2.75) is 30.9 Å². The number of nitrogens with zero attached hydrogens (tertiary/aromatic N) is 4. The molecule has 0 radical (unpaired) electrons. The number of aliphatic hydroxyl groups is 2. The summed E-state index contributed by atoms with van der Waals surface area (Å²) in [4.78, 5) is 23.0. The smallest absolute Gasteiger partial charge is 0.244 e. The van der Waals surface area contributed by atoms with Crippen LogP contribution in [-0.2, 0) is 4.79 Å².